The molecule has 0 spiro atoms. The van der Waals surface area contributed by atoms with Gasteiger partial charge in [-0.1, -0.05) is 18.2 Å². The first kappa shape index (κ1) is 14.4. The van der Waals surface area contributed by atoms with Gasteiger partial charge in [0, 0.05) is 5.56 Å². The zero-order valence-electron chi connectivity index (χ0n) is 12.5. The van der Waals surface area contributed by atoms with Gasteiger partial charge < -0.3 is 9.15 Å². The van der Waals surface area contributed by atoms with Crippen molar-refractivity contribution in [1.29, 1.82) is 0 Å². The fourth-order valence-corrected chi connectivity index (χ4v) is 2.27. The van der Waals surface area contributed by atoms with E-state index in [2.05, 4.69) is 11.6 Å². The van der Waals surface area contributed by atoms with Crippen molar-refractivity contribution in [3.05, 3.63) is 61.2 Å². The summed E-state index contributed by atoms with van der Waals surface area (Å²) in [6.07, 6.45) is 5.14. The molecule has 0 aliphatic rings. The second-order valence-electron chi connectivity index (χ2n) is 5.14. The average molecular weight is 293 g/mol. The van der Waals surface area contributed by atoms with Crippen LogP contribution in [0.5, 0.6) is 5.75 Å². The molecular weight excluding hydrogens is 274 g/mol. The van der Waals surface area contributed by atoms with Gasteiger partial charge in [0.1, 0.15) is 11.3 Å². The molecule has 0 aliphatic carbocycles. The Kier molecular flexibility index (Phi) is 4.54. The van der Waals surface area contributed by atoms with Gasteiger partial charge in [0.25, 0.3) is 0 Å². The number of oxazole rings is 1. The predicted octanol–water partition coefficient (Wildman–Crippen LogP) is 5.23. The number of rotatable bonds is 7. The number of fused-ring (bicyclic) bond motifs is 1. The smallest absolute Gasteiger partial charge is 0.227 e. The number of ether oxygens (including phenoxy) is 1. The highest BCUT2D eigenvalue weighted by atomic mass is 16.5. The van der Waals surface area contributed by atoms with Crippen molar-refractivity contribution in [2.45, 2.75) is 19.3 Å². The van der Waals surface area contributed by atoms with E-state index in [4.69, 9.17) is 9.15 Å². The van der Waals surface area contributed by atoms with Crippen molar-refractivity contribution >= 4 is 11.1 Å². The maximum absolute atomic E-state index is 5.76. The first-order valence-corrected chi connectivity index (χ1v) is 7.56. The average Bonchev–Trinajstić information content (AvgIpc) is 2.99. The third kappa shape index (κ3) is 3.37. The van der Waals surface area contributed by atoms with Crippen molar-refractivity contribution < 1.29 is 9.15 Å². The first-order chi connectivity index (χ1) is 10.9. The summed E-state index contributed by atoms with van der Waals surface area (Å²) in [6, 6.07) is 15.6. The van der Waals surface area contributed by atoms with Gasteiger partial charge in [-0.2, -0.15) is 0 Å². The monoisotopic (exact) mass is 293 g/mol. The van der Waals surface area contributed by atoms with Crippen molar-refractivity contribution in [3.8, 4) is 17.2 Å². The fraction of sp³-hybridized carbons (Fsp3) is 0.211. The summed E-state index contributed by atoms with van der Waals surface area (Å²) < 4.78 is 11.5. The predicted molar refractivity (Wildman–Crippen MR) is 89.0 cm³/mol. The van der Waals surface area contributed by atoms with Gasteiger partial charge in [-0.05, 0) is 55.7 Å². The summed E-state index contributed by atoms with van der Waals surface area (Å²) in [7, 11) is 0. The van der Waals surface area contributed by atoms with Gasteiger partial charge in [-0.15, -0.1) is 6.58 Å². The Morgan fingerprint density at radius 1 is 1.05 bits per heavy atom. The Hall–Kier alpha value is -2.55. The molecular formula is C19H19NO2. The number of benzene rings is 2. The molecule has 0 saturated heterocycles. The largest absolute Gasteiger partial charge is 0.494 e. The highest BCUT2D eigenvalue weighted by Crippen LogP contribution is 2.25. The van der Waals surface area contributed by atoms with E-state index in [9.17, 15) is 0 Å². The molecule has 3 heteroatoms. The number of para-hydroxylation sites is 2. The van der Waals surface area contributed by atoms with Crippen LogP contribution < -0.4 is 4.74 Å². The molecule has 0 radical (unpaired) electrons. The summed E-state index contributed by atoms with van der Waals surface area (Å²) in [5.41, 5.74) is 2.63. The molecule has 0 bridgehead atoms. The van der Waals surface area contributed by atoms with Gasteiger partial charge in [0.15, 0.2) is 5.58 Å². The Morgan fingerprint density at radius 3 is 2.64 bits per heavy atom. The molecule has 22 heavy (non-hydrogen) atoms. The highest BCUT2D eigenvalue weighted by Gasteiger charge is 2.07. The number of unbranched alkanes of at least 4 members (excludes halogenated alkanes) is 2. The summed E-state index contributed by atoms with van der Waals surface area (Å²) in [5.74, 6) is 1.51. The molecule has 1 aromatic heterocycles. The summed E-state index contributed by atoms with van der Waals surface area (Å²) in [5, 5.41) is 0. The molecule has 3 aromatic rings. The summed E-state index contributed by atoms with van der Waals surface area (Å²) in [4.78, 5) is 4.49. The maximum atomic E-state index is 5.76. The van der Waals surface area contributed by atoms with Gasteiger partial charge in [0.05, 0.1) is 6.61 Å². The minimum atomic E-state index is 0.638. The lowest BCUT2D eigenvalue weighted by Crippen LogP contribution is -1.96. The Balaban J connectivity index is 1.64. The molecule has 0 aliphatic heterocycles. The number of nitrogens with zero attached hydrogens (tertiary/aromatic N) is 1. The van der Waals surface area contributed by atoms with Crippen LogP contribution in [0.4, 0.5) is 0 Å². The topological polar surface area (TPSA) is 35.3 Å². The van der Waals surface area contributed by atoms with E-state index in [1.54, 1.807) is 0 Å². The molecule has 0 unspecified atom stereocenters. The summed E-state index contributed by atoms with van der Waals surface area (Å²) >= 11 is 0. The molecule has 3 nitrogen and oxygen atoms in total. The Bertz CT molecular complexity index is 710. The molecule has 0 fully saturated rings. The molecule has 1 heterocycles. The molecule has 2 aromatic carbocycles. The van der Waals surface area contributed by atoms with E-state index < -0.39 is 0 Å². The standard InChI is InChI=1S/C19H19NO2/c1-2-3-4-7-14-21-16-12-10-15(11-13-16)19-20-17-8-5-6-9-18(17)22-19/h2,5-6,8-13H,1,3-4,7,14H2. The molecule has 0 atom stereocenters. The number of aromatic nitrogens is 1. The Morgan fingerprint density at radius 2 is 1.86 bits per heavy atom. The first-order valence-electron chi connectivity index (χ1n) is 7.56. The van der Waals surface area contributed by atoms with Crippen molar-refractivity contribution in [2.24, 2.45) is 0 Å². The van der Waals surface area contributed by atoms with E-state index in [1.807, 2.05) is 54.6 Å². The van der Waals surface area contributed by atoms with Crippen LogP contribution in [-0.2, 0) is 0 Å². The van der Waals surface area contributed by atoms with Crippen LogP contribution in [-0.4, -0.2) is 11.6 Å². The summed E-state index contributed by atoms with van der Waals surface area (Å²) in [6.45, 7) is 4.45. The lowest BCUT2D eigenvalue weighted by atomic mass is 10.2. The van der Waals surface area contributed by atoms with Crippen LogP contribution >= 0.6 is 0 Å². The van der Waals surface area contributed by atoms with Gasteiger partial charge >= 0.3 is 0 Å². The van der Waals surface area contributed by atoms with E-state index in [0.717, 1.165) is 48.3 Å². The zero-order valence-corrected chi connectivity index (χ0v) is 12.5. The quantitative estimate of drug-likeness (QED) is 0.442. The SMILES string of the molecule is C=CCCCCOc1ccc(-c2nc3ccccc3o2)cc1. The van der Waals surface area contributed by atoms with E-state index >= 15 is 0 Å². The van der Waals surface area contributed by atoms with Gasteiger partial charge in [-0.3, -0.25) is 0 Å². The lowest BCUT2D eigenvalue weighted by molar-refractivity contribution is 0.307. The molecule has 0 amide bonds. The van der Waals surface area contributed by atoms with Crippen molar-refractivity contribution in [3.63, 3.8) is 0 Å². The van der Waals surface area contributed by atoms with E-state index in [0.29, 0.717) is 5.89 Å². The molecule has 0 saturated carbocycles. The van der Waals surface area contributed by atoms with Crippen LogP contribution in [0, 0.1) is 0 Å². The van der Waals surface area contributed by atoms with E-state index in [1.165, 1.54) is 0 Å². The number of hydrogen-bond acceptors (Lipinski definition) is 3. The normalized spacial score (nSPS) is 10.7. The fourth-order valence-electron chi connectivity index (χ4n) is 2.27. The molecule has 112 valence electrons. The minimum absolute atomic E-state index is 0.638. The van der Waals surface area contributed by atoms with Crippen LogP contribution in [0.15, 0.2) is 65.6 Å². The Labute approximate surface area is 130 Å². The van der Waals surface area contributed by atoms with Crippen molar-refractivity contribution in [1.82, 2.24) is 4.98 Å². The molecule has 3 rings (SSSR count). The van der Waals surface area contributed by atoms with Crippen LogP contribution in [0.25, 0.3) is 22.6 Å². The highest BCUT2D eigenvalue weighted by molar-refractivity contribution is 5.76. The number of hydrogen-bond donors (Lipinski definition) is 0. The lowest BCUT2D eigenvalue weighted by Gasteiger charge is -2.05. The third-order valence-electron chi connectivity index (χ3n) is 3.47. The second kappa shape index (κ2) is 6.94. The van der Waals surface area contributed by atoms with Gasteiger partial charge in [-0.25, -0.2) is 4.98 Å². The minimum Gasteiger partial charge on any atom is -0.494 e. The number of allylic oxidation sites excluding steroid dienone is 1. The molecule has 0 N–H and O–H groups in total. The van der Waals surface area contributed by atoms with Gasteiger partial charge in [0.2, 0.25) is 5.89 Å². The van der Waals surface area contributed by atoms with Crippen LogP contribution in [0.1, 0.15) is 19.3 Å². The van der Waals surface area contributed by atoms with Crippen LogP contribution in [0.2, 0.25) is 0 Å². The van der Waals surface area contributed by atoms with E-state index in [-0.39, 0.29) is 0 Å². The third-order valence-corrected chi connectivity index (χ3v) is 3.47. The second-order valence-corrected chi connectivity index (χ2v) is 5.14. The van der Waals surface area contributed by atoms with Crippen LogP contribution in [0.3, 0.4) is 0 Å². The maximum Gasteiger partial charge on any atom is 0.227 e. The van der Waals surface area contributed by atoms with Crippen molar-refractivity contribution in [2.75, 3.05) is 6.61 Å². The zero-order chi connectivity index (χ0) is 15.2.